The fourth-order valence-corrected chi connectivity index (χ4v) is 2.38. The molecule has 0 spiro atoms. The van der Waals surface area contributed by atoms with Gasteiger partial charge in [-0.1, -0.05) is 5.16 Å². The van der Waals surface area contributed by atoms with Gasteiger partial charge in [-0.25, -0.2) is 0 Å². The van der Waals surface area contributed by atoms with E-state index in [1.54, 1.807) is 13.3 Å². The quantitative estimate of drug-likeness (QED) is 0.317. The third-order valence-corrected chi connectivity index (χ3v) is 3.51. The lowest BCUT2D eigenvalue weighted by Crippen LogP contribution is -2.27. The minimum atomic E-state index is 0.0298. The first-order chi connectivity index (χ1) is 9.22. The number of methoxy groups -OCH3 is 1. The zero-order valence-corrected chi connectivity index (χ0v) is 11.0. The second-order valence-electron chi connectivity index (χ2n) is 4.78. The highest BCUT2D eigenvalue weighted by Crippen LogP contribution is 2.21. The van der Waals surface area contributed by atoms with Crippen LogP contribution in [0.4, 0.5) is 0 Å². The van der Waals surface area contributed by atoms with Gasteiger partial charge in [0.25, 0.3) is 0 Å². The Hall–Kier alpha value is -1.66. The largest absolute Gasteiger partial charge is 0.409 e. The molecule has 0 amide bonds. The van der Waals surface area contributed by atoms with Crippen LogP contribution in [0.1, 0.15) is 30.5 Å². The van der Waals surface area contributed by atoms with Gasteiger partial charge in [-0.3, -0.25) is 4.98 Å². The summed E-state index contributed by atoms with van der Waals surface area (Å²) in [5.41, 5.74) is 7.07. The van der Waals surface area contributed by atoms with Crippen LogP contribution in [0.25, 0.3) is 0 Å². The van der Waals surface area contributed by atoms with Crippen LogP contribution in [0.5, 0.6) is 0 Å². The molecule has 0 aromatic carbocycles. The van der Waals surface area contributed by atoms with E-state index < -0.39 is 0 Å². The summed E-state index contributed by atoms with van der Waals surface area (Å²) in [4.78, 5) is 4.05. The van der Waals surface area contributed by atoms with Crippen molar-refractivity contribution in [1.29, 1.82) is 0 Å². The second-order valence-corrected chi connectivity index (χ2v) is 4.78. The highest BCUT2D eigenvalue weighted by atomic mass is 16.5. The van der Waals surface area contributed by atoms with Crippen molar-refractivity contribution in [2.75, 3.05) is 7.11 Å². The lowest BCUT2D eigenvalue weighted by Gasteiger charge is -2.13. The lowest BCUT2D eigenvalue weighted by molar-refractivity contribution is 0.107. The van der Waals surface area contributed by atoms with Gasteiger partial charge in [0.1, 0.15) is 5.69 Å². The van der Waals surface area contributed by atoms with E-state index in [4.69, 9.17) is 15.7 Å². The van der Waals surface area contributed by atoms with Crippen molar-refractivity contribution in [3.63, 3.8) is 0 Å². The summed E-state index contributed by atoms with van der Waals surface area (Å²) < 4.78 is 5.35. The molecule has 1 heterocycles. The van der Waals surface area contributed by atoms with Crippen LogP contribution in [0.3, 0.4) is 0 Å². The van der Waals surface area contributed by atoms with Crippen molar-refractivity contribution >= 4 is 5.84 Å². The first-order valence-corrected chi connectivity index (χ1v) is 6.42. The number of pyridine rings is 1. The highest BCUT2D eigenvalue weighted by Gasteiger charge is 2.23. The minimum Gasteiger partial charge on any atom is -0.409 e. The maximum atomic E-state index is 8.63. The molecular formula is C13H20N4O2. The summed E-state index contributed by atoms with van der Waals surface area (Å²) in [5.74, 6) is 0.0298. The number of rotatable bonds is 5. The van der Waals surface area contributed by atoms with Crippen LogP contribution in [-0.4, -0.2) is 35.3 Å². The molecule has 2 unspecified atom stereocenters. The second kappa shape index (κ2) is 6.49. The van der Waals surface area contributed by atoms with E-state index in [9.17, 15) is 0 Å². The van der Waals surface area contributed by atoms with Gasteiger partial charge in [-0.05, 0) is 37.0 Å². The van der Waals surface area contributed by atoms with Gasteiger partial charge in [0.2, 0.25) is 0 Å². The number of nitrogens with one attached hydrogen (secondary N) is 1. The van der Waals surface area contributed by atoms with Crippen LogP contribution in [0.15, 0.2) is 23.5 Å². The molecule has 104 valence electrons. The van der Waals surface area contributed by atoms with E-state index in [0.29, 0.717) is 17.8 Å². The van der Waals surface area contributed by atoms with Crippen molar-refractivity contribution in [2.24, 2.45) is 10.9 Å². The maximum Gasteiger partial charge on any atom is 0.188 e. The van der Waals surface area contributed by atoms with Crippen LogP contribution in [-0.2, 0) is 11.3 Å². The molecule has 2 rings (SSSR count). The molecule has 1 aromatic heterocycles. The smallest absolute Gasteiger partial charge is 0.188 e. The minimum absolute atomic E-state index is 0.0298. The first-order valence-electron chi connectivity index (χ1n) is 6.42. The number of ether oxygens (including phenoxy) is 1. The summed E-state index contributed by atoms with van der Waals surface area (Å²) >= 11 is 0. The van der Waals surface area contributed by atoms with E-state index in [2.05, 4.69) is 15.5 Å². The average molecular weight is 264 g/mol. The molecule has 2 atom stereocenters. The van der Waals surface area contributed by atoms with Gasteiger partial charge < -0.3 is 21.0 Å². The maximum absolute atomic E-state index is 8.63. The molecule has 1 fully saturated rings. The molecule has 1 aliphatic rings. The van der Waals surface area contributed by atoms with Crippen LogP contribution in [0.2, 0.25) is 0 Å². The predicted molar refractivity (Wildman–Crippen MR) is 72.0 cm³/mol. The third kappa shape index (κ3) is 3.65. The van der Waals surface area contributed by atoms with E-state index in [-0.39, 0.29) is 5.84 Å². The molecule has 19 heavy (non-hydrogen) atoms. The lowest BCUT2D eigenvalue weighted by atomic mass is 10.2. The molecule has 4 N–H and O–H groups in total. The van der Waals surface area contributed by atoms with Gasteiger partial charge in [0, 0.05) is 25.9 Å². The molecule has 0 aliphatic heterocycles. The number of hydrogen-bond acceptors (Lipinski definition) is 5. The van der Waals surface area contributed by atoms with E-state index in [1.165, 1.54) is 0 Å². The van der Waals surface area contributed by atoms with E-state index >= 15 is 0 Å². The van der Waals surface area contributed by atoms with Crippen LogP contribution < -0.4 is 11.1 Å². The zero-order chi connectivity index (χ0) is 13.7. The Morgan fingerprint density at radius 3 is 3.16 bits per heavy atom. The Morgan fingerprint density at radius 2 is 2.47 bits per heavy atom. The molecule has 0 bridgehead atoms. The molecule has 1 aliphatic carbocycles. The summed E-state index contributed by atoms with van der Waals surface area (Å²) in [6.07, 6.45) is 5.34. The number of amidine groups is 1. The first kappa shape index (κ1) is 13.8. The Balaban J connectivity index is 1.90. The van der Waals surface area contributed by atoms with Crippen LogP contribution >= 0.6 is 0 Å². The molecule has 6 heteroatoms. The van der Waals surface area contributed by atoms with Crippen LogP contribution in [0, 0.1) is 0 Å². The predicted octanol–water partition coefficient (Wildman–Crippen LogP) is 0.833. The van der Waals surface area contributed by atoms with E-state index in [0.717, 1.165) is 31.4 Å². The summed E-state index contributed by atoms with van der Waals surface area (Å²) in [6, 6.07) is 4.24. The molecule has 1 aromatic rings. The standard InChI is InChI=1S/C13H20N4O2/c1-19-11-3-2-10(7-11)16-8-9-4-5-15-12(6-9)13(14)17-18/h4-6,10-11,16,18H,2-3,7-8H2,1H3,(H2,14,17). The number of hydrogen-bond donors (Lipinski definition) is 3. The fraction of sp³-hybridized carbons (Fsp3) is 0.538. The van der Waals surface area contributed by atoms with E-state index in [1.807, 2.05) is 12.1 Å². The van der Waals surface area contributed by atoms with Crippen molar-refractivity contribution in [1.82, 2.24) is 10.3 Å². The Kier molecular flexibility index (Phi) is 4.70. The molecular weight excluding hydrogens is 244 g/mol. The number of nitrogens with two attached hydrogens (primary N) is 1. The normalized spacial score (nSPS) is 23.7. The molecule has 0 saturated heterocycles. The molecule has 6 nitrogen and oxygen atoms in total. The molecule has 1 saturated carbocycles. The topological polar surface area (TPSA) is 92.8 Å². The third-order valence-electron chi connectivity index (χ3n) is 3.51. The Morgan fingerprint density at radius 1 is 1.63 bits per heavy atom. The fourth-order valence-electron chi connectivity index (χ4n) is 2.38. The van der Waals surface area contributed by atoms with Gasteiger partial charge in [-0.2, -0.15) is 0 Å². The Labute approximate surface area is 112 Å². The zero-order valence-electron chi connectivity index (χ0n) is 11.0. The van der Waals surface area contributed by atoms with Gasteiger partial charge in [-0.15, -0.1) is 0 Å². The van der Waals surface area contributed by atoms with Crippen molar-refractivity contribution in [3.8, 4) is 0 Å². The number of nitrogens with zero attached hydrogens (tertiary/aromatic N) is 2. The van der Waals surface area contributed by atoms with Crippen molar-refractivity contribution in [3.05, 3.63) is 29.6 Å². The van der Waals surface area contributed by atoms with Crippen molar-refractivity contribution < 1.29 is 9.94 Å². The summed E-state index contributed by atoms with van der Waals surface area (Å²) in [7, 11) is 1.76. The van der Waals surface area contributed by atoms with Gasteiger partial charge in [0.05, 0.1) is 6.10 Å². The monoisotopic (exact) mass is 264 g/mol. The van der Waals surface area contributed by atoms with Crippen molar-refractivity contribution in [2.45, 2.75) is 38.0 Å². The van der Waals surface area contributed by atoms with Gasteiger partial charge >= 0.3 is 0 Å². The SMILES string of the molecule is COC1CCC(NCc2ccnc(/C(N)=N/O)c2)C1. The number of aromatic nitrogens is 1. The van der Waals surface area contributed by atoms with Gasteiger partial charge in [0.15, 0.2) is 5.84 Å². The Bertz CT molecular complexity index is 450. The highest BCUT2D eigenvalue weighted by molar-refractivity contribution is 5.95. The summed E-state index contributed by atoms with van der Waals surface area (Å²) in [6.45, 7) is 0.745. The summed E-state index contributed by atoms with van der Waals surface area (Å²) in [5, 5.41) is 15.1. The number of oxime groups is 1. The molecule has 0 radical (unpaired) electrons. The average Bonchev–Trinajstić information content (AvgIpc) is 2.92.